The zero-order valence-corrected chi connectivity index (χ0v) is 9.77. The van der Waals surface area contributed by atoms with Gasteiger partial charge in [-0.05, 0) is 0 Å². The van der Waals surface area contributed by atoms with Crippen LogP contribution < -0.4 is 5.73 Å². The molecule has 0 saturated carbocycles. The van der Waals surface area contributed by atoms with Crippen molar-refractivity contribution in [2.24, 2.45) is 0 Å². The van der Waals surface area contributed by atoms with E-state index in [4.69, 9.17) is 15.6 Å². The Kier molecular flexibility index (Phi) is 2.62. The second-order valence-electron chi connectivity index (χ2n) is 4.37. The van der Waals surface area contributed by atoms with E-state index >= 15 is 0 Å². The van der Waals surface area contributed by atoms with Crippen LogP contribution in [0.1, 0.15) is 12.6 Å². The lowest BCUT2D eigenvalue weighted by molar-refractivity contribution is -0.150. The third-order valence-corrected chi connectivity index (χ3v) is 3.14. The maximum atomic E-state index is 13.8. The third-order valence-electron chi connectivity index (χ3n) is 3.14. The second kappa shape index (κ2) is 4.08. The molecular weight excluding hydrogens is 257 g/mol. The molecule has 0 amide bonds. The number of hydrogen-bond donors (Lipinski definition) is 3. The van der Waals surface area contributed by atoms with Gasteiger partial charge in [0.2, 0.25) is 5.85 Å². The standard InChI is InChI=1S/C10H12FN5O3/c11-10(18)1-6(19-5(10)2-17)16-4-15-7-8(12)13-3-14-9(7)16/h3-6,17-18H,1-2H2,(H2,12,13,14)/t5-,6-,10-/m1/s1. The maximum absolute atomic E-state index is 13.8. The summed E-state index contributed by atoms with van der Waals surface area (Å²) in [5.41, 5.74) is 6.40. The van der Waals surface area contributed by atoms with Crippen molar-refractivity contribution in [1.82, 2.24) is 19.5 Å². The van der Waals surface area contributed by atoms with Crippen LogP contribution in [-0.4, -0.2) is 48.3 Å². The highest BCUT2D eigenvalue weighted by Crippen LogP contribution is 2.38. The summed E-state index contributed by atoms with van der Waals surface area (Å²) in [6.07, 6.45) is 0.209. The minimum Gasteiger partial charge on any atom is -0.393 e. The molecule has 0 aromatic carbocycles. The number of aliphatic hydroxyl groups excluding tert-OH is 1. The molecule has 1 aliphatic rings. The fourth-order valence-corrected chi connectivity index (χ4v) is 2.15. The number of imidazole rings is 1. The van der Waals surface area contributed by atoms with Gasteiger partial charge in [-0.2, -0.15) is 0 Å². The molecule has 1 aliphatic heterocycles. The smallest absolute Gasteiger partial charge is 0.239 e. The Labute approximate surface area is 106 Å². The molecule has 1 saturated heterocycles. The Bertz CT molecular complexity index is 616. The van der Waals surface area contributed by atoms with Gasteiger partial charge in [-0.25, -0.2) is 19.3 Å². The molecule has 102 valence electrons. The number of rotatable bonds is 2. The lowest BCUT2D eigenvalue weighted by Crippen LogP contribution is -2.35. The van der Waals surface area contributed by atoms with Crippen LogP contribution in [0.2, 0.25) is 0 Å². The summed E-state index contributed by atoms with van der Waals surface area (Å²) in [6, 6.07) is 0. The first-order chi connectivity index (χ1) is 9.03. The first-order valence-corrected chi connectivity index (χ1v) is 5.63. The predicted octanol–water partition coefficient (Wildman–Crippen LogP) is -0.654. The summed E-state index contributed by atoms with van der Waals surface area (Å²) >= 11 is 0. The van der Waals surface area contributed by atoms with Gasteiger partial charge >= 0.3 is 0 Å². The highest BCUT2D eigenvalue weighted by atomic mass is 19.2. The maximum Gasteiger partial charge on any atom is 0.239 e. The van der Waals surface area contributed by atoms with Crippen LogP contribution >= 0.6 is 0 Å². The fourth-order valence-electron chi connectivity index (χ4n) is 2.15. The van der Waals surface area contributed by atoms with Crippen LogP contribution in [0, 0.1) is 0 Å². The molecule has 0 unspecified atom stereocenters. The first-order valence-electron chi connectivity index (χ1n) is 5.63. The van der Waals surface area contributed by atoms with Crippen molar-refractivity contribution in [3.63, 3.8) is 0 Å². The molecule has 1 fully saturated rings. The molecular formula is C10H12FN5O3. The van der Waals surface area contributed by atoms with E-state index in [2.05, 4.69) is 15.0 Å². The zero-order chi connectivity index (χ0) is 13.6. The van der Waals surface area contributed by atoms with E-state index in [-0.39, 0.29) is 12.2 Å². The summed E-state index contributed by atoms with van der Waals surface area (Å²) < 4.78 is 20.5. The van der Waals surface area contributed by atoms with Crippen LogP contribution in [0.5, 0.6) is 0 Å². The fraction of sp³-hybridized carbons (Fsp3) is 0.500. The SMILES string of the molecule is Nc1ncnc2c1ncn2[C@H]1C[C@](O)(F)[C@@H](CO)O1. The number of nitrogens with two attached hydrogens (primary N) is 1. The second-order valence-corrected chi connectivity index (χ2v) is 4.37. The van der Waals surface area contributed by atoms with Crippen molar-refractivity contribution < 1.29 is 19.3 Å². The van der Waals surface area contributed by atoms with E-state index in [0.717, 1.165) is 0 Å². The van der Waals surface area contributed by atoms with E-state index in [9.17, 15) is 9.50 Å². The summed E-state index contributed by atoms with van der Waals surface area (Å²) in [5.74, 6) is -2.38. The molecule has 8 nitrogen and oxygen atoms in total. The largest absolute Gasteiger partial charge is 0.393 e. The average Bonchev–Trinajstić information content (AvgIpc) is 2.90. The third kappa shape index (κ3) is 1.82. The van der Waals surface area contributed by atoms with Gasteiger partial charge in [-0.3, -0.25) is 4.57 Å². The summed E-state index contributed by atoms with van der Waals surface area (Å²) in [4.78, 5) is 11.8. The summed E-state index contributed by atoms with van der Waals surface area (Å²) in [6.45, 7) is -0.618. The van der Waals surface area contributed by atoms with Gasteiger partial charge in [-0.1, -0.05) is 0 Å². The number of anilines is 1. The number of ether oxygens (including phenoxy) is 1. The highest BCUT2D eigenvalue weighted by molar-refractivity contribution is 5.81. The van der Waals surface area contributed by atoms with Crippen molar-refractivity contribution in [2.75, 3.05) is 12.3 Å². The molecule has 19 heavy (non-hydrogen) atoms. The number of hydrogen-bond acceptors (Lipinski definition) is 7. The quantitative estimate of drug-likeness (QED) is 0.662. The van der Waals surface area contributed by atoms with Gasteiger partial charge in [0.15, 0.2) is 11.5 Å². The Morgan fingerprint density at radius 1 is 1.53 bits per heavy atom. The van der Waals surface area contributed by atoms with Crippen molar-refractivity contribution >= 4 is 17.0 Å². The number of alkyl halides is 1. The lowest BCUT2D eigenvalue weighted by Gasteiger charge is -2.16. The van der Waals surface area contributed by atoms with Gasteiger partial charge in [0, 0.05) is 0 Å². The van der Waals surface area contributed by atoms with Gasteiger partial charge in [0.25, 0.3) is 0 Å². The van der Waals surface area contributed by atoms with Crippen molar-refractivity contribution in [1.29, 1.82) is 0 Å². The molecule has 3 heterocycles. The van der Waals surface area contributed by atoms with Gasteiger partial charge in [0.1, 0.15) is 24.2 Å². The highest BCUT2D eigenvalue weighted by Gasteiger charge is 2.48. The topological polar surface area (TPSA) is 119 Å². The molecule has 2 aromatic heterocycles. The van der Waals surface area contributed by atoms with Crippen molar-refractivity contribution in [2.45, 2.75) is 24.6 Å². The van der Waals surface area contributed by atoms with Crippen LogP contribution in [0.15, 0.2) is 12.7 Å². The van der Waals surface area contributed by atoms with Gasteiger partial charge in [-0.15, -0.1) is 0 Å². The average molecular weight is 269 g/mol. The summed E-state index contributed by atoms with van der Waals surface area (Å²) in [7, 11) is 0. The molecule has 2 aromatic rings. The number of fused-ring (bicyclic) bond motifs is 1. The van der Waals surface area contributed by atoms with E-state index in [1.165, 1.54) is 17.2 Å². The van der Waals surface area contributed by atoms with E-state index in [1.54, 1.807) is 0 Å². The van der Waals surface area contributed by atoms with Crippen LogP contribution in [0.4, 0.5) is 10.2 Å². The van der Waals surface area contributed by atoms with E-state index < -0.39 is 24.8 Å². The van der Waals surface area contributed by atoms with E-state index in [0.29, 0.717) is 11.2 Å². The van der Waals surface area contributed by atoms with Crippen molar-refractivity contribution in [3.05, 3.63) is 12.7 Å². The van der Waals surface area contributed by atoms with Crippen molar-refractivity contribution in [3.8, 4) is 0 Å². The molecule has 0 aliphatic carbocycles. The Balaban J connectivity index is 2.00. The number of nitrogens with zero attached hydrogens (tertiary/aromatic N) is 4. The molecule has 0 spiro atoms. The molecule has 0 radical (unpaired) electrons. The van der Waals surface area contributed by atoms with E-state index in [1.807, 2.05) is 0 Å². The van der Waals surface area contributed by atoms with Gasteiger partial charge < -0.3 is 20.7 Å². The normalized spacial score (nSPS) is 31.1. The lowest BCUT2D eigenvalue weighted by atomic mass is 10.1. The van der Waals surface area contributed by atoms with Crippen LogP contribution in [-0.2, 0) is 4.74 Å². The molecule has 3 atom stereocenters. The minimum absolute atomic E-state index is 0.205. The molecule has 9 heteroatoms. The zero-order valence-electron chi connectivity index (χ0n) is 9.77. The first kappa shape index (κ1) is 12.2. The monoisotopic (exact) mass is 269 g/mol. The number of halogens is 1. The number of aromatic nitrogens is 4. The van der Waals surface area contributed by atoms with Crippen LogP contribution in [0.3, 0.4) is 0 Å². The molecule has 3 rings (SSSR count). The summed E-state index contributed by atoms with van der Waals surface area (Å²) in [5, 5.41) is 18.5. The molecule has 4 N–H and O–H groups in total. The Hall–Kier alpha value is -1.84. The predicted molar refractivity (Wildman–Crippen MR) is 61.4 cm³/mol. The Morgan fingerprint density at radius 3 is 3.00 bits per heavy atom. The van der Waals surface area contributed by atoms with Crippen LogP contribution in [0.25, 0.3) is 11.2 Å². The minimum atomic E-state index is -2.59. The number of nitrogen functional groups attached to an aromatic ring is 1. The number of aliphatic hydroxyl groups is 2. The Morgan fingerprint density at radius 2 is 2.32 bits per heavy atom. The van der Waals surface area contributed by atoms with Gasteiger partial charge in [0.05, 0.1) is 19.4 Å². The molecule has 0 bridgehead atoms.